The van der Waals surface area contributed by atoms with Crippen molar-refractivity contribution in [2.45, 2.75) is 0 Å². The number of hydrogen-bond acceptors (Lipinski definition) is 2. The second-order valence-electron chi connectivity index (χ2n) is 2.92. The first kappa shape index (κ1) is 14.2. The van der Waals surface area contributed by atoms with Gasteiger partial charge in [0.2, 0.25) is 0 Å². The molecule has 0 unspecified atom stereocenters. The molecule has 0 aliphatic rings. The molecule has 2 nitrogen and oxygen atoms in total. The highest BCUT2D eigenvalue weighted by atomic mass is 16.5. The van der Waals surface area contributed by atoms with Crippen LogP contribution in [0.5, 0.6) is 11.5 Å². The Balaban J connectivity index is 2.56. The molecule has 0 bridgehead atoms. The van der Waals surface area contributed by atoms with Crippen molar-refractivity contribution >= 4 is 0 Å². The van der Waals surface area contributed by atoms with E-state index in [-0.39, 0.29) is 0 Å². The van der Waals surface area contributed by atoms with Crippen LogP contribution in [0.3, 0.4) is 0 Å². The second kappa shape index (κ2) is 9.23. The molecular weight excluding hydrogens is 248 g/mol. The van der Waals surface area contributed by atoms with Gasteiger partial charge < -0.3 is 9.47 Å². The molecule has 90 valence electrons. The van der Waals surface area contributed by atoms with E-state index in [9.17, 15) is 0 Å². The van der Waals surface area contributed by atoms with Crippen molar-refractivity contribution in [3.05, 3.63) is 24.3 Å². The fraction of sp³-hybridized carbons (Fsp3) is 0. The van der Waals surface area contributed by atoms with Crippen molar-refractivity contribution in [3.63, 3.8) is 0 Å². The summed E-state index contributed by atoms with van der Waals surface area (Å²) in [5.41, 5.74) is 0. The monoisotopic (exact) mass is 254 g/mol. The van der Waals surface area contributed by atoms with E-state index in [4.69, 9.17) is 22.3 Å². The molecule has 2 heteroatoms. The third kappa shape index (κ3) is 6.05. The zero-order valence-corrected chi connectivity index (χ0v) is 10.3. The van der Waals surface area contributed by atoms with Crippen LogP contribution >= 0.6 is 0 Å². The maximum absolute atomic E-state index is 5.10. The molecule has 1 rings (SSSR count). The van der Waals surface area contributed by atoms with E-state index in [1.807, 2.05) is 0 Å². The van der Waals surface area contributed by atoms with Crippen LogP contribution < -0.4 is 9.47 Å². The van der Waals surface area contributed by atoms with E-state index < -0.39 is 0 Å². The third-order valence-electron chi connectivity index (χ3n) is 1.66. The maximum atomic E-state index is 5.10. The van der Waals surface area contributed by atoms with Crippen LogP contribution in [0.2, 0.25) is 0 Å². The number of benzene rings is 1. The first-order valence-electron chi connectivity index (χ1n) is 5.22. The van der Waals surface area contributed by atoms with Crippen molar-refractivity contribution < 1.29 is 9.47 Å². The van der Waals surface area contributed by atoms with Gasteiger partial charge in [-0.25, -0.2) is 0 Å². The molecule has 0 aliphatic carbocycles. The van der Waals surface area contributed by atoms with E-state index in [1.165, 1.54) is 0 Å². The molecule has 0 aromatic heterocycles. The zero-order valence-electron chi connectivity index (χ0n) is 10.3. The van der Waals surface area contributed by atoms with Gasteiger partial charge in [-0.1, -0.05) is 0 Å². The van der Waals surface area contributed by atoms with Gasteiger partial charge in [0.25, 0.3) is 0 Å². The van der Waals surface area contributed by atoms with Gasteiger partial charge in [-0.15, -0.1) is 12.8 Å². The topological polar surface area (TPSA) is 18.5 Å². The Labute approximate surface area is 118 Å². The highest BCUT2D eigenvalue weighted by Crippen LogP contribution is 2.16. The van der Waals surface area contributed by atoms with Gasteiger partial charge in [0.1, 0.15) is 23.7 Å². The van der Waals surface area contributed by atoms with Crippen molar-refractivity contribution in [2.24, 2.45) is 0 Å². The summed E-state index contributed by atoms with van der Waals surface area (Å²) in [5, 5.41) is 0. The maximum Gasteiger partial charge on any atom is 0.140 e. The van der Waals surface area contributed by atoms with E-state index in [0.29, 0.717) is 11.5 Å². The van der Waals surface area contributed by atoms with Crippen LogP contribution in [0, 0.1) is 72.4 Å². The van der Waals surface area contributed by atoms with Crippen molar-refractivity contribution in [1.29, 1.82) is 0 Å². The van der Waals surface area contributed by atoms with Gasteiger partial charge in [-0.3, -0.25) is 0 Å². The van der Waals surface area contributed by atoms with E-state index in [0.717, 1.165) is 0 Å². The quantitative estimate of drug-likeness (QED) is 0.747. The highest BCUT2D eigenvalue weighted by Gasteiger charge is 1.93. The lowest BCUT2D eigenvalue weighted by molar-refractivity contribution is 0.505. The molecule has 20 heavy (non-hydrogen) atoms. The lowest BCUT2D eigenvalue weighted by Gasteiger charge is -1.98. The fourth-order valence-corrected chi connectivity index (χ4v) is 0.930. The first-order valence-corrected chi connectivity index (χ1v) is 5.22. The predicted molar refractivity (Wildman–Crippen MR) is 76.5 cm³/mol. The van der Waals surface area contributed by atoms with Crippen LogP contribution in [-0.2, 0) is 0 Å². The van der Waals surface area contributed by atoms with E-state index in [1.54, 1.807) is 24.3 Å². The van der Waals surface area contributed by atoms with Gasteiger partial charge in [0.15, 0.2) is 0 Å². The largest absolute Gasteiger partial charge is 0.407 e. The van der Waals surface area contributed by atoms with Gasteiger partial charge in [-0.2, -0.15) is 0 Å². The Morgan fingerprint density at radius 2 is 1.00 bits per heavy atom. The minimum Gasteiger partial charge on any atom is -0.407 e. The molecule has 0 amide bonds. The van der Waals surface area contributed by atoms with E-state index >= 15 is 0 Å². The Hall–Kier alpha value is -3.82. The van der Waals surface area contributed by atoms with Crippen molar-refractivity contribution in [2.75, 3.05) is 0 Å². The van der Waals surface area contributed by atoms with Crippen LogP contribution in [0.15, 0.2) is 24.3 Å². The summed E-state index contributed by atoms with van der Waals surface area (Å²) in [5.74, 6) is 19.8. The number of terminal acetylenes is 2. The summed E-state index contributed by atoms with van der Waals surface area (Å²) in [6, 6.07) is 6.70. The van der Waals surface area contributed by atoms with Gasteiger partial charge >= 0.3 is 0 Å². The molecule has 0 atom stereocenters. The average molecular weight is 254 g/mol. The fourth-order valence-electron chi connectivity index (χ4n) is 0.930. The molecule has 0 N–H and O–H groups in total. The number of ether oxygens (including phenoxy) is 2. The molecule has 0 radical (unpaired) electrons. The Bertz CT molecular complexity index is 714. The molecule has 0 saturated heterocycles. The van der Waals surface area contributed by atoms with E-state index in [2.05, 4.69) is 59.6 Å². The minimum absolute atomic E-state index is 0.549. The lowest BCUT2D eigenvalue weighted by Crippen LogP contribution is -1.84. The Morgan fingerprint density at radius 1 is 0.600 bits per heavy atom. The molecular formula is C18H6O2. The third-order valence-corrected chi connectivity index (χ3v) is 1.66. The van der Waals surface area contributed by atoms with Gasteiger partial charge in [-0.05, 0) is 47.9 Å². The second-order valence-corrected chi connectivity index (χ2v) is 2.92. The summed E-state index contributed by atoms with van der Waals surface area (Å²) in [6.45, 7) is 0. The predicted octanol–water partition coefficient (Wildman–Crippen LogP) is 1.64. The van der Waals surface area contributed by atoms with Gasteiger partial charge in [0.05, 0.1) is 0 Å². The molecule has 0 aliphatic heterocycles. The molecule has 0 spiro atoms. The van der Waals surface area contributed by atoms with Crippen LogP contribution in [0.25, 0.3) is 0 Å². The standard InChI is InChI=1S/C18H6O2/c1-3-5-7-9-15-19-17-11-13-18(14-12-17)20-16-10-8-6-4-2/h1-2,11-14H. The van der Waals surface area contributed by atoms with Crippen LogP contribution in [0.1, 0.15) is 0 Å². The summed E-state index contributed by atoms with van der Waals surface area (Å²) in [6.07, 6.45) is 14.7. The summed E-state index contributed by atoms with van der Waals surface area (Å²) >= 11 is 0. The average Bonchev–Trinajstić information content (AvgIpc) is 2.48. The number of rotatable bonds is 2. The first-order chi connectivity index (χ1) is 9.86. The van der Waals surface area contributed by atoms with Crippen molar-refractivity contribution in [1.82, 2.24) is 0 Å². The lowest BCUT2D eigenvalue weighted by atomic mass is 10.3. The zero-order chi connectivity index (χ0) is 14.5. The summed E-state index contributed by atoms with van der Waals surface area (Å²) in [4.78, 5) is 0. The SMILES string of the molecule is C#CC#CC#COc1ccc(OC#CC#CC#C)cc1. The number of hydrogen-bond donors (Lipinski definition) is 0. The van der Waals surface area contributed by atoms with Crippen LogP contribution in [0.4, 0.5) is 0 Å². The minimum atomic E-state index is 0.549. The smallest absolute Gasteiger partial charge is 0.140 e. The van der Waals surface area contributed by atoms with Gasteiger partial charge in [0, 0.05) is 23.7 Å². The Morgan fingerprint density at radius 3 is 1.35 bits per heavy atom. The highest BCUT2D eigenvalue weighted by molar-refractivity contribution is 5.37. The molecule has 1 aromatic carbocycles. The normalized spacial score (nSPS) is 6.30. The molecule has 0 fully saturated rings. The summed E-state index contributed by atoms with van der Waals surface area (Å²) in [7, 11) is 0. The Kier molecular flexibility index (Phi) is 6.58. The molecule has 1 aromatic rings. The summed E-state index contributed by atoms with van der Waals surface area (Å²) < 4.78 is 10.2. The van der Waals surface area contributed by atoms with Crippen molar-refractivity contribution in [3.8, 4) is 83.9 Å². The molecule has 0 heterocycles. The molecule has 0 saturated carbocycles. The van der Waals surface area contributed by atoms with Crippen LogP contribution in [-0.4, -0.2) is 0 Å².